The molecule has 0 spiro atoms. The number of carbonyl (C=O) groups is 2. The second-order valence-corrected chi connectivity index (χ2v) is 10.2. The third-order valence-corrected chi connectivity index (χ3v) is 7.54. The molecular weight excluding hydrogens is 520 g/mol. The molecule has 41 heavy (non-hydrogen) atoms. The number of anilines is 1. The lowest BCUT2D eigenvalue weighted by molar-refractivity contribution is -0.120. The zero-order chi connectivity index (χ0) is 28.3. The maximum Gasteiger partial charge on any atom is 0.338 e. The average Bonchev–Trinajstić information content (AvgIpc) is 3.56. The van der Waals surface area contributed by atoms with Gasteiger partial charge in [0.05, 0.1) is 48.9 Å². The summed E-state index contributed by atoms with van der Waals surface area (Å²) in [5.74, 6) is -0.361. The van der Waals surface area contributed by atoms with Gasteiger partial charge < -0.3 is 24.5 Å². The molecule has 9 nitrogen and oxygen atoms in total. The highest BCUT2D eigenvalue weighted by atomic mass is 16.5. The second-order valence-electron chi connectivity index (χ2n) is 10.2. The molecule has 0 bridgehead atoms. The van der Waals surface area contributed by atoms with Crippen molar-refractivity contribution in [3.63, 3.8) is 0 Å². The van der Waals surface area contributed by atoms with Crippen LogP contribution >= 0.6 is 0 Å². The monoisotopic (exact) mass is 552 g/mol. The predicted octanol–water partition coefficient (Wildman–Crippen LogP) is 4.44. The van der Waals surface area contributed by atoms with E-state index in [0.29, 0.717) is 48.7 Å². The van der Waals surface area contributed by atoms with E-state index in [2.05, 4.69) is 9.88 Å². The summed E-state index contributed by atoms with van der Waals surface area (Å²) in [7, 11) is 0. The Morgan fingerprint density at radius 3 is 2.59 bits per heavy atom. The van der Waals surface area contributed by atoms with Gasteiger partial charge in [-0.2, -0.15) is 0 Å². The lowest BCUT2D eigenvalue weighted by Gasteiger charge is -2.28. The number of amides is 1. The van der Waals surface area contributed by atoms with Crippen LogP contribution in [0.15, 0.2) is 71.7 Å². The Labute approximate surface area is 238 Å². The number of benzene rings is 3. The van der Waals surface area contributed by atoms with Gasteiger partial charge in [0.15, 0.2) is 5.88 Å². The van der Waals surface area contributed by atoms with Crippen LogP contribution in [0.4, 0.5) is 11.4 Å². The van der Waals surface area contributed by atoms with Crippen LogP contribution in [0.1, 0.15) is 34.0 Å². The summed E-state index contributed by atoms with van der Waals surface area (Å²) < 4.78 is 10.5. The number of nitrogens with one attached hydrogen (secondary N) is 1. The van der Waals surface area contributed by atoms with Crippen LogP contribution in [-0.4, -0.2) is 78.6 Å². The molecule has 0 saturated carbocycles. The molecular formula is C32H32N4O5. The van der Waals surface area contributed by atoms with Gasteiger partial charge >= 0.3 is 5.97 Å². The van der Waals surface area contributed by atoms with Gasteiger partial charge in [-0.05, 0) is 49.2 Å². The SMILES string of the molecule is CCOC(=O)c1ccc2c(C(=Nc3ccc4c(c3)CCN4C(=O)CN3CCOCC3)c3ccccc3)c(O)[nH]c2c1. The van der Waals surface area contributed by atoms with E-state index in [9.17, 15) is 14.7 Å². The number of aliphatic imine (C=N–C) groups is 1. The van der Waals surface area contributed by atoms with Gasteiger partial charge in [-0.3, -0.25) is 9.69 Å². The fourth-order valence-electron chi connectivity index (χ4n) is 5.51. The zero-order valence-corrected chi connectivity index (χ0v) is 22.9. The van der Waals surface area contributed by atoms with E-state index in [0.717, 1.165) is 47.4 Å². The Hall–Kier alpha value is -4.47. The van der Waals surface area contributed by atoms with Gasteiger partial charge in [0, 0.05) is 41.8 Å². The minimum absolute atomic E-state index is 0.0374. The normalized spacial score (nSPS) is 15.7. The van der Waals surface area contributed by atoms with Crippen molar-refractivity contribution in [3.8, 4) is 5.88 Å². The van der Waals surface area contributed by atoms with Crippen molar-refractivity contribution in [2.45, 2.75) is 13.3 Å². The summed E-state index contributed by atoms with van der Waals surface area (Å²) >= 11 is 0. The number of aromatic hydroxyl groups is 1. The summed E-state index contributed by atoms with van der Waals surface area (Å²) in [5.41, 5.74) is 5.69. The molecule has 4 aromatic rings. The summed E-state index contributed by atoms with van der Waals surface area (Å²) in [6, 6.07) is 20.7. The number of rotatable bonds is 7. The van der Waals surface area contributed by atoms with Crippen LogP contribution in [-0.2, 0) is 20.7 Å². The van der Waals surface area contributed by atoms with Crippen molar-refractivity contribution >= 4 is 39.9 Å². The molecule has 2 N–H and O–H groups in total. The minimum atomic E-state index is -0.419. The molecule has 0 radical (unpaired) electrons. The van der Waals surface area contributed by atoms with Gasteiger partial charge in [-0.25, -0.2) is 9.79 Å². The Bertz CT molecular complexity index is 1620. The summed E-state index contributed by atoms with van der Waals surface area (Å²) in [4.78, 5) is 37.4. The summed E-state index contributed by atoms with van der Waals surface area (Å²) in [6.45, 7) is 5.93. The van der Waals surface area contributed by atoms with E-state index in [1.54, 1.807) is 25.1 Å². The molecule has 0 aliphatic carbocycles. The maximum atomic E-state index is 13.1. The van der Waals surface area contributed by atoms with E-state index in [4.69, 9.17) is 14.5 Å². The lowest BCUT2D eigenvalue weighted by Crippen LogP contribution is -2.44. The molecule has 0 atom stereocenters. The van der Waals surface area contributed by atoms with Crippen molar-refractivity contribution in [1.82, 2.24) is 9.88 Å². The average molecular weight is 553 g/mol. The van der Waals surface area contributed by atoms with Crippen LogP contribution in [0.5, 0.6) is 5.88 Å². The highest BCUT2D eigenvalue weighted by molar-refractivity contribution is 6.22. The smallest absolute Gasteiger partial charge is 0.338 e. The molecule has 2 aliphatic rings. The Morgan fingerprint density at radius 1 is 1.00 bits per heavy atom. The van der Waals surface area contributed by atoms with Gasteiger partial charge in [0.2, 0.25) is 5.91 Å². The molecule has 3 heterocycles. The lowest BCUT2D eigenvalue weighted by atomic mass is 10.00. The van der Waals surface area contributed by atoms with E-state index in [1.807, 2.05) is 53.4 Å². The standard InChI is InChI=1S/C32H32N4O5/c1-2-41-32(39)23-8-10-25-26(19-23)34-31(38)29(25)30(21-6-4-3-5-7-21)33-24-9-11-27-22(18-24)12-13-36(27)28(37)20-35-14-16-40-17-15-35/h3-11,18-19,34,38H,2,12-17,20H2,1H3. The Kier molecular flexibility index (Phi) is 7.54. The number of aromatic amines is 1. The number of nitrogens with zero attached hydrogens (tertiary/aromatic N) is 3. The highest BCUT2D eigenvalue weighted by Crippen LogP contribution is 2.35. The molecule has 6 rings (SSSR count). The molecule has 0 unspecified atom stereocenters. The fraction of sp³-hybridized carbons (Fsp3) is 0.281. The van der Waals surface area contributed by atoms with E-state index in [-0.39, 0.29) is 18.4 Å². The third-order valence-electron chi connectivity index (χ3n) is 7.54. The van der Waals surface area contributed by atoms with Crippen molar-refractivity contribution in [2.24, 2.45) is 4.99 Å². The highest BCUT2D eigenvalue weighted by Gasteiger charge is 2.27. The molecule has 1 amide bonds. The number of morpholine rings is 1. The van der Waals surface area contributed by atoms with Gasteiger partial charge in [-0.15, -0.1) is 0 Å². The van der Waals surface area contributed by atoms with Crippen LogP contribution in [0.2, 0.25) is 0 Å². The number of ether oxygens (including phenoxy) is 2. The summed E-state index contributed by atoms with van der Waals surface area (Å²) in [5, 5.41) is 11.8. The van der Waals surface area contributed by atoms with Crippen molar-refractivity contribution < 1.29 is 24.2 Å². The summed E-state index contributed by atoms with van der Waals surface area (Å²) in [6.07, 6.45) is 0.753. The van der Waals surface area contributed by atoms with Gasteiger partial charge in [0.1, 0.15) is 0 Å². The number of fused-ring (bicyclic) bond motifs is 2. The number of carbonyl (C=O) groups excluding carboxylic acids is 2. The molecule has 9 heteroatoms. The first-order valence-electron chi connectivity index (χ1n) is 13.9. The van der Waals surface area contributed by atoms with Crippen LogP contribution in [0.25, 0.3) is 10.9 Å². The number of aromatic nitrogens is 1. The minimum Gasteiger partial charge on any atom is -0.494 e. The van der Waals surface area contributed by atoms with E-state index in [1.165, 1.54) is 0 Å². The molecule has 1 saturated heterocycles. The quantitative estimate of drug-likeness (QED) is 0.259. The molecule has 210 valence electrons. The topological polar surface area (TPSA) is 107 Å². The molecule has 2 aliphatic heterocycles. The first kappa shape index (κ1) is 26.7. The number of esters is 1. The van der Waals surface area contributed by atoms with E-state index >= 15 is 0 Å². The second kappa shape index (κ2) is 11.6. The number of H-pyrrole nitrogens is 1. The van der Waals surface area contributed by atoms with Gasteiger partial charge in [0.25, 0.3) is 0 Å². The predicted molar refractivity (Wildman–Crippen MR) is 157 cm³/mol. The molecule has 1 aromatic heterocycles. The van der Waals surface area contributed by atoms with Gasteiger partial charge in [-0.1, -0.05) is 36.4 Å². The van der Waals surface area contributed by atoms with Crippen LogP contribution in [0.3, 0.4) is 0 Å². The first-order valence-corrected chi connectivity index (χ1v) is 13.9. The fourth-order valence-corrected chi connectivity index (χ4v) is 5.51. The molecule has 1 fully saturated rings. The third kappa shape index (κ3) is 5.46. The maximum absolute atomic E-state index is 13.1. The Balaban J connectivity index is 1.35. The van der Waals surface area contributed by atoms with E-state index < -0.39 is 5.97 Å². The van der Waals surface area contributed by atoms with Crippen molar-refractivity contribution in [2.75, 3.05) is 50.9 Å². The first-order chi connectivity index (χ1) is 20.0. The Morgan fingerprint density at radius 2 is 1.80 bits per heavy atom. The zero-order valence-electron chi connectivity index (χ0n) is 22.9. The number of hydrogen-bond donors (Lipinski definition) is 2. The van der Waals surface area contributed by atoms with Crippen LogP contribution in [0, 0.1) is 0 Å². The van der Waals surface area contributed by atoms with Crippen LogP contribution < -0.4 is 4.90 Å². The largest absolute Gasteiger partial charge is 0.494 e. The van der Waals surface area contributed by atoms with Crippen molar-refractivity contribution in [3.05, 3.63) is 89.0 Å². The number of hydrogen-bond acceptors (Lipinski definition) is 7. The van der Waals surface area contributed by atoms with Crippen molar-refractivity contribution in [1.29, 1.82) is 0 Å². The molecule has 3 aromatic carbocycles.